The lowest BCUT2D eigenvalue weighted by Gasteiger charge is -2.16. The lowest BCUT2D eigenvalue weighted by Crippen LogP contribution is -2.14. The number of aromatic carboxylic acids is 1. The number of fused-ring (bicyclic) bond motifs is 1. The van der Waals surface area contributed by atoms with Crippen LogP contribution in [0.5, 0.6) is 17.2 Å². The Morgan fingerprint density at radius 3 is 2.14 bits per heavy atom. The fourth-order valence-electron chi connectivity index (χ4n) is 2.94. The molecule has 0 amide bonds. The Hall–Kier alpha value is -3.46. The number of carboxylic acids is 1. The zero-order valence-electron chi connectivity index (χ0n) is 15.5. The average molecular weight is 417 g/mol. The first kappa shape index (κ1) is 20.3. The van der Waals surface area contributed by atoms with Crippen molar-refractivity contribution in [2.45, 2.75) is 24.7 Å². The highest BCUT2D eigenvalue weighted by Crippen LogP contribution is 2.45. The SMILES string of the molecule is CC(C)c1cc(S(=O)(=O)Nc2ccc3cc(C(=O)O)ccc3c2)c(O)c(O)c1O. The van der Waals surface area contributed by atoms with Crippen molar-refractivity contribution in [2.75, 3.05) is 4.72 Å². The highest BCUT2D eigenvalue weighted by Gasteiger charge is 2.26. The first-order valence-electron chi connectivity index (χ1n) is 8.59. The Morgan fingerprint density at radius 1 is 0.897 bits per heavy atom. The molecule has 0 bridgehead atoms. The van der Waals surface area contributed by atoms with E-state index in [1.807, 2.05) is 0 Å². The van der Waals surface area contributed by atoms with Crippen LogP contribution < -0.4 is 4.72 Å². The number of anilines is 1. The predicted octanol–water partition coefficient (Wildman–Crippen LogP) is 3.58. The summed E-state index contributed by atoms with van der Waals surface area (Å²) in [7, 11) is -4.29. The molecule has 9 heteroatoms. The van der Waals surface area contributed by atoms with Crippen LogP contribution in [0.3, 0.4) is 0 Å². The molecule has 0 aliphatic carbocycles. The second-order valence-corrected chi connectivity index (χ2v) is 8.50. The predicted molar refractivity (Wildman–Crippen MR) is 107 cm³/mol. The second-order valence-electron chi connectivity index (χ2n) is 6.85. The van der Waals surface area contributed by atoms with E-state index in [1.165, 1.54) is 24.3 Å². The number of hydrogen-bond acceptors (Lipinski definition) is 6. The number of nitrogens with one attached hydrogen (secondary N) is 1. The minimum absolute atomic E-state index is 0.108. The molecular weight excluding hydrogens is 398 g/mol. The number of aromatic hydroxyl groups is 3. The summed E-state index contributed by atoms with van der Waals surface area (Å²) in [5, 5.41) is 40.2. The van der Waals surface area contributed by atoms with Gasteiger partial charge in [0, 0.05) is 11.3 Å². The molecule has 0 atom stereocenters. The highest BCUT2D eigenvalue weighted by molar-refractivity contribution is 7.92. The van der Waals surface area contributed by atoms with Crippen molar-refractivity contribution in [2.24, 2.45) is 0 Å². The molecule has 0 aromatic heterocycles. The van der Waals surface area contributed by atoms with E-state index in [2.05, 4.69) is 4.72 Å². The van der Waals surface area contributed by atoms with Crippen molar-refractivity contribution in [1.29, 1.82) is 0 Å². The molecule has 0 aliphatic rings. The van der Waals surface area contributed by atoms with Gasteiger partial charge in [-0.1, -0.05) is 26.0 Å². The van der Waals surface area contributed by atoms with Gasteiger partial charge in [0.15, 0.2) is 11.5 Å². The summed E-state index contributed by atoms with van der Waals surface area (Å²) in [6, 6.07) is 10.1. The van der Waals surface area contributed by atoms with Gasteiger partial charge in [0.05, 0.1) is 5.56 Å². The van der Waals surface area contributed by atoms with E-state index >= 15 is 0 Å². The van der Waals surface area contributed by atoms with Gasteiger partial charge in [-0.2, -0.15) is 0 Å². The van der Waals surface area contributed by atoms with E-state index in [9.17, 15) is 28.5 Å². The number of hydrogen-bond donors (Lipinski definition) is 5. The largest absolute Gasteiger partial charge is 0.504 e. The molecule has 3 aromatic carbocycles. The monoisotopic (exact) mass is 417 g/mol. The van der Waals surface area contributed by atoms with Crippen LogP contribution in [0, 0.1) is 0 Å². The molecule has 5 N–H and O–H groups in total. The van der Waals surface area contributed by atoms with E-state index in [-0.39, 0.29) is 22.7 Å². The number of rotatable bonds is 5. The van der Waals surface area contributed by atoms with Gasteiger partial charge in [-0.05, 0) is 47.0 Å². The number of carbonyl (C=O) groups is 1. The minimum Gasteiger partial charge on any atom is -0.504 e. The summed E-state index contributed by atoms with van der Waals surface area (Å²) < 4.78 is 27.9. The quantitative estimate of drug-likeness (QED) is 0.399. The minimum atomic E-state index is -4.29. The second kappa shape index (κ2) is 7.17. The topological polar surface area (TPSA) is 144 Å². The smallest absolute Gasteiger partial charge is 0.335 e. The summed E-state index contributed by atoms with van der Waals surface area (Å²) in [5.74, 6) is -3.81. The third-order valence-corrected chi connectivity index (χ3v) is 5.89. The van der Waals surface area contributed by atoms with Crippen LogP contribution in [-0.4, -0.2) is 34.8 Å². The Balaban J connectivity index is 2.03. The van der Waals surface area contributed by atoms with Crippen molar-refractivity contribution in [1.82, 2.24) is 0 Å². The van der Waals surface area contributed by atoms with Gasteiger partial charge >= 0.3 is 5.97 Å². The van der Waals surface area contributed by atoms with Crippen LogP contribution in [0.25, 0.3) is 10.8 Å². The summed E-state index contributed by atoms with van der Waals surface area (Å²) in [4.78, 5) is 10.5. The van der Waals surface area contributed by atoms with E-state index < -0.39 is 38.1 Å². The molecule has 0 heterocycles. The highest BCUT2D eigenvalue weighted by atomic mass is 32.2. The van der Waals surface area contributed by atoms with Crippen LogP contribution in [0.4, 0.5) is 5.69 Å². The van der Waals surface area contributed by atoms with Gasteiger partial charge in [-0.15, -0.1) is 0 Å². The van der Waals surface area contributed by atoms with Crippen LogP contribution in [0.15, 0.2) is 47.4 Å². The van der Waals surface area contributed by atoms with Crippen molar-refractivity contribution in [3.8, 4) is 17.2 Å². The summed E-state index contributed by atoms with van der Waals surface area (Å²) in [6.45, 7) is 3.40. The Kier molecular flexibility index (Phi) is 5.02. The molecule has 152 valence electrons. The Bertz CT molecular complexity index is 1230. The number of phenolic OH excluding ortho intramolecular Hbond substituents is 3. The van der Waals surface area contributed by atoms with Gasteiger partial charge in [0.1, 0.15) is 4.90 Å². The molecule has 0 radical (unpaired) electrons. The van der Waals surface area contributed by atoms with Crippen molar-refractivity contribution >= 4 is 32.5 Å². The lowest BCUT2D eigenvalue weighted by molar-refractivity contribution is 0.0697. The molecule has 29 heavy (non-hydrogen) atoms. The summed E-state index contributed by atoms with van der Waals surface area (Å²) >= 11 is 0. The molecule has 0 aliphatic heterocycles. The van der Waals surface area contributed by atoms with Crippen LogP contribution in [0.1, 0.15) is 35.7 Å². The molecule has 0 unspecified atom stereocenters. The number of sulfonamides is 1. The standard InChI is InChI=1S/C20H19NO7S/c1-10(2)15-9-16(18(23)19(24)17(15)22)29(27,28)21-14-6-5-11-7-13(20(25)26)4-3-12(11)8-14/h3-10,21-24H,1-2H3,(H,25,26). The normalized spacial score (nSPS) is 11.7. The Labute approximate surface area is 166 Å². The van der Waals surface area contributed by atoms with Crippen molar-refractivity contribution in [3.05, 3.63) is 53.6 Å². The Morgan fingerprint density at radius 2 is 1.52 bits per heavy atom. The van der Waals surface area contributed by atoms with Crippen LogP contribution in [0.2, 0.25) is 0 Å². The van der Waals surface area contributed by atoms with Gasteiger partial charge in [-0.3, -0.25) is 4.72 Å². The zero-order valence-corrected chi connectivity index (χ0v) is 16.4. The maximum absolute atomic E-state index is 12.8. The van der Waals surface area contributed by atoms with Crippen LogP contribution in [-0.2, 0) is 10.0 Å². The number of carboxylic acid groups (broad SMARTS) is 1. The molecule has 0 saturated heterocycles. The lowest BCUT2D eigenvalue weighted by atomic mass is 10.0. The first-order chi connectivity index (χ1) is 13.5. The van der Waals surface area contributed by atoms with Crippen molar-refractivity contribution in [3.63, 3.8) is 0 Å². The molecule has 0 spiro atoms. The summed E-state index contributed by atoms with van der Waals surface area (Å²) in [5.41, 5.74) is 0.454. The molecule has 0 fully saturated rings. The fourth-order valence-corrected chi connectivity index (χ4v) is 4.12. The molecule has 8 nitrogen and oxygen atoms in total. The van der Waals surface area contributed by atoms with Gasteiger partial charge in [0.2, 0.25) is 5.75 Å². The fraction of sp³-hybridized carbons (Fsp3) is 0.150. The third kappa shape index (κ3) is 3.77. The number of phenols is 3. The molecule has 3 rings (SSSR count). The number of benzene rings is 3. The first-order valence-corrected chi connectivity index (χ1v) is 10.1. The van der Waals surface area contributed by atoms with E-state index in [1.54, 1.807) is 26.0 Å². The van der Waals surface area contributed by atoms with Crippen molar-refractivity contribution < 1.29 is 33.6 Å². The summed E-state index contributed by atoms with van der Waals surface area (Å²) in [6.07, 6.45) is 0. The van der Waals surface area contributed by atoms with E-state index in [4.69, 9.17) is 5.11 Å². The van der Waals surface area contributed by atoms with Gasteiger partial charge in [-0.25, -0.2) is 13.2 Å². The van der Waals surface area contributed by atoms with Gasteiger partial charge < -0.3 is 20.4 Å². The zero-order chi connectivity index (χ0) is 21.5. The maximum atomic E-state index is 12.8. The molecule has 3 aromatic rings. The van der Waals surface area contributed by atoms with Crippen LogP contribution >= 0.6 is 0 Å². The third-order valence-electron chi connectivity index (χ3n) is 4.49. The van der Waals surface area contributed by atoms with E-state index in [0.717, 1.165) is 6.07 Å². The van der Waals surface area contributed by atoms with Gasteiger partial charge in [0.25, 0.3) is 10.0 Å². The molecular formula is C20H19NO7S. The maximum Gasteiger partial charge on any atom is 0.335 e. The molecule has 0 saturated carbocycles. The average Bonchev–Trinajstić information content (AvgIpc) is 2.64. The van der Waals surface area contributed by atoms with E-state index in [0.29, 0.717) is 10.8 Å².